The average Bonchev–Trinajstić information content (AvgIpc) is 2.84. The maximum Gasteiger partial charge on any atom is 0.167 e. The van der Waals surface area contributed by atoms with Gasteiger partial charge in [-0.2, -0.15) is 0 Å². The van der Waals surface area contributed by atoms with Crippen LogP contribution in [-0.4, -0.2) is 5.78 Å². The van der Waals surface area contributed by atoms with Crippen LogP contribution in [0.3, 0.4) is 0 Å². The van der Waals surface area contributed by atoms with Gasteiger partial charge in [0.15, 0.2) is 5.78 Å². The zero-order valence-electron chi connectivity index (χ0n) is 9.08. The van der Waals surface area contributed by atoms with E-state index in [1.165, 1.54) is 0 Å². The van der Waals surface area contributed by atoms with Gasteiger partial charge in [0, 0.05) is 23.3 Å². The number of ketones is 1. The van der Waals surface area contributed by atoms with Crippen molar-refractivity contribution < 1.29 is 9.21 Å². The molecule has 0 fully saturated rings. The largest absolute Gasteiger partial charge is 0.465 e. The summed E-state index contributed by atoms with van der Waals surface area (Å²) < 4.78 is 5.72. The predicted molar refractivity (Wildman–Crippen MR) is 64.0 cm³/mol. The predicted octanol–water partition coefficient (Wildman–Crippen LogP) is 3.84. The van der Waals surface area contributed by atoms with Crippen LogP contribution in [0.4, 0.5) is 0 Å². The van der Waals surface area contributed by atoms with Gasteiger partial charge < -0.3 is 4.42 Å². The Bertz CT molecular complexity index is 535. The first-order valence-electron chi connectivity index (χ1n) is 5.46. The van der Waals surface area contributed by atoms with E-state index in [9.17, 15) is 4.79 Å². The molecule has 2 nitrogen and oxygen atoms in total. The van der Waals surface area contributed by atoms with Crippen LogP contribution in [0.25, 0.3) is 10.4 Å². The molecule has 0 atom stereocenters. The van der Waals surface area contributed by atoms with E-state index in [2.05, 4.69) is 0 Å². The SMILES string of the molecule is Cc1oc2c(c1-c1cccs1)C(=O)CCC2. The van der Waals surface area contributed by atoms with Crippen LogP contribution >= 0.6 is 11.3 Å². The van der Waals surface area contributed by atoms with E-state index in [0.29, 0.717) is 6.42 Å². The van der Waals surface area contributed by atoms with E-state index in [-0.39, 0.29) is 5.78 Å². The standard InChI is InChI=1S/C13H12O2S/c1-8-12(11-6-3-7-16-11)13-9(14)4-2-5-10(13)15-8/h3,6-7H,2,4-5H2,1H3. The third-order valence-corrected chi connectivity index (χ3v) is 3.90. The first-order chi connectivity index (χ1) is 7.77. The smallest absolute Gasteiger partial charge is 0.167 e. The van der Waals surface area contributed by atoms with Gasteiger partial charge >= 0.3 is 0 Å². The van der Waals surface area contributed by atoms with Gasteiger partial charge in [-0.3, -0.25) is 4.79 Å². The zero-order valence-corrected chi connectivity index (χ0v) is 9.89. The molecule has 0 unspecified atom stereocenters. The van der Waals surface area contributed by atoms with E-state index in [1.54, 1.807) is 11.3 Å². The highest BCUT2D eigenvalue weighted by molar-refractivity contribution is 7.13. The van der Waals surface area contributed by atoms with E-state index in [0.717, 1.165) is 40.4 Å². The molecular formula is C13H12O2S. The molecule has 0 N–H and O–H groups in total. The van der Waals surface area contributed by atoms with E-state index < -0.39 is 0 Å². The van der Waals surface area contributed by atoms with Crippen LogP contribution in [0.2, 0.25) is 0 Å². The summed E-state index contributed by atoms with van der Waals surface area (Å²) in [6.07, 6.45) is 2.47. The molecule has 0 radical (unpaired) electrons. The second-order valence-corrected chi connectivity index (χ2v) is 5.03. The van der Waals surface area contributed by atoms with Crippen molar-refractivity contribution in [2.45, 2.75) is 26.2 Å². The molecule has 2 heterocycles. The van der Waals surface area contributed by atoms with Crippen LogP contribution in [-0.2, 0) is 6.42 Å². The quantitative estimate of drug-likeness (QED) is 0.747. The van der Waals surface area contributed by atoms with Crippen LogP contribution in [0, 0.1) is 6.92 Å². The molecule has 3 rings (SSSR count). The Labute approximate surface area is 97.9 Å². The molecule has 16 heavy (non-hydrogen) atoms. The fraction of sp³-hybridized carbons (Fsp3) is 0.308. The number of thiophene rings is 1. The molecule has 2 aromatic rings. The second-order valence-electron chi connectivity index (χ2n) is 4.09. The zero-order chi connectivity index (χ0) is 11.1. The van der Waals surface area contributed by atoms with Crippen molar-refractivity contribution in [1.82, 2.24) is 0 Å². The van der Waals surface area contributed by atoms with Crippen LogP contribution < -0.4 is 0 Å². The third-order valence-electron chi connectivity index (χ3n) is 3.01. The van der Waals surface area contributed by atoms with Gasteiger partial charge in [-0.15, -0.1) is 11.3 Å². The summed E-state index contributed by atoms with van der Waals surface area (Å²) in [5.74, 6) is 2.00. The third kappa shape index (κ3) is 1.35. The highest BCUT2D eigenvalue weighted by Gasteiger charge is 2.27. The van der Waals surface area contributed by atoms with Crippen LogP contribution in [0.15, 0.2) is 21.9 Å². The number of aryl methyl sites for hydroxylation is 2. The Balaban J connectivity index is 2.25. The minimum atomic E-state index is 0.238. The summed E-state index contributed by atoms with van der Waals surface area (Å²) in [6, 6.07) is 4.05. The molecule has 0 amide bonds. The van der Waals surface area contributed by atoms with Gasteiger partial charge in [0.25, 0.3) is 0 Å². The van der Waals surface area contributed by atoms with Crippen molar-refractivity contribution in [1.29, 1.82) is 0 Å². The molecule has 0 saturated carbocycles. The molecule has 0 aromatic carbocycles. The van der Waals surface area contributed by atoms with Gasteiger partial charge in [-0.25, -0.2) is 0 Å². The number of rotatable bonds is 1. The van der Waals surface area contributed by atoms with Crippen molar-refractivity contribution in [3.05, 3.63) is 34.6 Å². The second kappa shape index (κ2) is 3.59. The Morgan fingerprint density at radius 1 is 1.31 bits per heavy atom. The van der Waals surface area contributed by atoms with Gasteiger partial charge in [0.05, 0.1) is 5.56 Å². The molecule has 0 bridgehead atoms. The number of carbonyl (C=O) groups excluding carboxylic acids is 1. The highest BCUT2D eigenvalue weighted by Crippen LogP contribution is 2.38. The molecule has 1 aliphatic carbocycles. The lowest BCUT2D eigenvalue weighted by atomic mass is 9.93. The van der Waals surface area contributed by atoms with Crippen molar-refractivity contribution in [2.75, 3.05) is 0 Å². The fourth-order valence-corrected chi connectivity index (χ4v) is 3.15. The monoisotopic (exact) mass is 232 g/mol. The average molecular weight is 232 g/mol. The lowest BCUT2D eigenvalue weighted by Gasteiger charge is -2.09. The molecule has 2 aromatic heterocycles. The van der Waals surface area contributed by atoms with Crippen LogP contribution in [0.5, 0.6) is 0 Å². The van der Waals surface area contributed by atoms with Crippen molar-refractivity contribution in [3.8, 4) is 10.4 Å². The lowest BCUT2D eigenvalue weighted by Crippen LogP contribution is -2.08. The summed E-state index contributed by atoms with van der Waals surface area (Å²) >= 11 is 1.66. The molecule has 0 spiro atoms. The van der Waals surface area contributed by atoms with Gasteiger partial charge in [-0.1, -0.05) is 6.07 Å². The maximum atomic E-state index is 12.0. The van der Waals surface area contributed by atoms with Crippen molar-refractivity contribution in [3.63, 3.8) is 0 Å². The van der Waals surface area contributed by atoms with E-state index in [4.69, 9.17) is 4.42 Å². The number of furan rings is 1. The van der Waals surface area contributed by atoms with Gasteiger partial charge in [-0.05, 0) is 24.8 Å². The molecule has 0 aliphatic heterocycles. The van der Waals surface area contributed by atoms with E-state index >= 15 is 0 Å². The fourth-order valence-electron chi connectivity index (χ4n) is 2.33. The number of hydrogen-bond acceptors (Lipinski definition) is 3. The van der Waals surface area contributed by atoms with Gasteiger partial charge in [0.1, 0.15) is 11.5 Å². The maximum absolute atomic E-state index is 12.0. The number of Topliss-reactive ketones (excluding diaryl/α,β-unsaturated/α-hetero) is 1. The van der Waals surface area contributed by atoms with Crippen molar-refractivity contribution >= 4 is 17.1 Å². The Morgan fingerprint density at radius 3 is 2.94 bits per heavy atom. The normalized spacial score (nSPS) is 15.2. The minimum Gasteiger partial charge on any atom is -0.465 e. The minimum absolute atomic E-state index is 0.238. The Kier molecular flexibility index (Phi) is 2.21. The first-order valence-corrected chi connectivity index (χ1v) is 6.34. The first kappa shape index (κ1) is 9.85. The molecule has 82 valence electrons. The van der Waals surface area contributed by atoms with Crippen LogP contribution in [0.1, 0.15) is 34.7 Å². The molecule has 0 saturated heterocycles. The summed E-state index contributed by atoms with van der Waals surface area (Å²) in [5.41, 5.74) is 1.86. The summed E-state index contributed by atoms with van der Waals surface area (Å²) in [7, 11) is 0. The number of carbonyl (C=O) groups is 1. The number of hydrogen-bond donors (Lipinski definition) is 0. The molecule has 3 heteroatoms. The summed E-state index contributed by atoms with van der Waals surface area (Å²) in [4.78, 5) is 13.1. The van der Waals surface area contributed by atoms with E-state index in [1.807, 2.05) is 24.4 Å². The lowest BCUT2D eigenvalue weighted by molar-refractivity contribution is 0.0970. The molecule has 1 aliphatic rings. The summed E-state index contributed by atoms with van der Waals surface area (Å²) in [5, 5.41) is 2.03. The van der Waals surface area contributed by atoms with Crippen molar-refractivity contribution in [2.24, 2.45) is 0 Å². The number of fused-ring (bicyclic) bond motifs is 1. The Hall–Kier alpha value is -1.35. The molecular weight excluding hydrogens is 220 g/mol. The topological polar surface area (TPSA) is 30.2 Å². The highest BCUT2D eigenvalue weighted by atomic mass is 32.1. The summed E-state index contributed by atoms with van der Waals surface area (Å²) in [6.45, 7) is 1.95. The Morgan fingerprint density at radius 2 is 2.19 bits per heavy atom. The van der Waals surface area contributed by atoms with Gasteiger partial charge in [0.2, 0.25) is 0 Å².